The zero-order valence-electron chi connectivity index (χ0n) is 11.4. The molecule has 0 aliphatic heterocycles. The lowest BCUT2D eigenvalue weighted by atomic mass is 10.0. The predicted molar refractivity (Wildman–Crippen MR) is 69.5 cm³/mol. The van der Waals surface area contributed by atoms with Crippen molar-refractivity contribution in [2.75, 3.05) is 0 Å². The van der Waals surface area contributed by atoms with E-state index < -0.39 is 17.9 Å². The zero-order valence-corrected chi connectivity index (χ0v) is 11.4. The Hall–Kier alpha value is -1.59. The van der Waals surface area contributed by atoms with Crippen LogP contribution in [-0.4, -0.2) is 29.1 Å². The molecule has 0 aromatic carbocycles. The Balaban J connectivity index is 2.18. The van der Waals surface area contributed by atoms with Crippen molar-refractivity contribution >= 4 is 17.9 Å². The lowest BCUT2D eigenvalue weighted by Gasteiger charge is -2.09. The summed E-state index contributed by atoms with van der Waals surface area (Å²) in [5, 5.41) is 13.6. The Bertz CT molecular complexity index is 357. The lowest BCUT2D eigenvalue weighted by molar-refractivity contribution is -0.138. The molecule has 1 aliphatic carbocycles. The summed E-state index contributed by atoms with van der Waals surface area (Å²) in [6.45, 7) is 3.77. The highest BCUT2D eigenvalue weighted by Crippen LogP contribution is 2.34. The molecule has 1 aliphatic rings. The maximum absolute atomic E-state index is 11.5. The van der Waals surface area contributed by atoms with Crippen molar-refractivity contribution in [3.05, 3.63) is 0 Å². The smallest absolute Gasteiger partial charge is 0.321 e. The molecule has 19 heavy (non-hydrogen) atoms. The molecular weight excluding hydrogens is 248 g/mol. The van der Waals surface area contributed by atoms with Crippen molar-refractivity contribution in [1.82, 2.24) is 10.6 Å². The maximum Gasteiger partial charge on any atom is 0.321 e. The molecule has 1 saturated carbocycles. The summed E-state index contributed by atoms with van der Waals surface area (Å²) in [6, 6.07) is -0.291. The van der Waals surface area contributed by atoms with Gasteiger partial charge < -0.3 is 10.4 Å². The van der Waals surface area contributed by atoms with Crippen LogP contribution in [0.5, 0.6) is 0 Å². The van der Waals surface area contributed by atoms with Gasteiger partial charge in [-0.2, -0.15) is 0 Å². The number of carboxylic acids is 1. The Morgan fingerprint density at radius 2 is 2.00 bits per heavy atom. The largest absolute Gasteiger partial charge is 0.481 e. The van der Waals surface area contributed by atoms with Crippen LogP contribution in [0.4, 0.5) is 4.79 Å². The van der Waals surface area contributed by atoms with Crippen LogP contribution < -0.4 is 10.6 Å². The molecule has 6 heteroatoms. The predicted octanol–water partition coefficient (Wildman–Crippen LogP) is 1.50. The summed E-state index contributed by atoms with van der Waals surface area (Å²) < 4.78 is 0. The molecular formula is C13H22N2O4. The second kappa shape index (κ2) is 7.11. The summed E-state index contributed by atoms with van der Waals surface area (Å²) >= 11 is 0. The maximum atomic E-state index is 11.5. The Morgan fingerprint density at radius 1 is 1.32 bits per heavy atom. The Kier molecular flexibility index (Phi) is 5.79. The molecule has 3 atom stereocenters. The van der Waals surface area contributed by atoms with E-state index in [-0.39, 0.29) is 24.8 Å². The first-order valence-electron chi connectivity index (χ1n) is 6.74. The fraction of sp³-hybridized carbons (Fsp3) is 0.769. The van der Waals surface area contributed by atoms with Gasteiger partial charge in [-0.1, -0.05) is 20.3 Å². The minimum Gasteiger partial charge on any atom is -0.481 e. The lowest BCUT2D eigenvalue weighted by Crippen LogP contribution is -2.41. The van der Waals surface area contributed by atoms with Gasteiger partial charge in [-0.3, -0.25) is 14.9 Å². The fourth-order valence-electron chi connectivity index (χ4n) is 2.18. The van der Waals surface area contributed by atoms with Gasteiger partial charge in [-0.05, 0) is 24.7 Å². The third kappa shape index (κ3) is 6.22. The Morgan fingerprint density at radius 3 is 2.58 bits per heavy atom. The normalized spacial score (nSPS) is 22.4. The van der Waals surface area contributed by atoms with Gasteiger partial charge in [0.25, 0.3) is 0 Å². The van der Waals surface area contributed by atoms with E-state index in [9.17, 15) is 14.4 Å². The SMILES string of the molecule is CCCC1CC1NC(=O)NC(=O)CC(C)CC(=O)O. The van der Waals surface area contributed by atoms with E-state index in [1.54, 1.807) is 6.92 Å². The van der Waals surface area contributed by atoms with Gasteiger partial charge in [-0.25, -0.2) is 4.79 Å². The highest BCUT2D eigenvalue weighted by molar-refractivity contribution is 5.94. The van der Waals surface area contributed by atoms with E-state index >= 15 is 0 Å². The monoisotopic (exact) mass is 270 g/mol. The molecule has 6 nitrogen and oxygen atoms in total. The average molecular weight is 270 g/mol. The van der Waals surface area contributed by atoms with Gasteiger partial charge in [0.15, 0.2) is 0 Å². The van der Waals surface area contributed by atoms with E-state index in [0.717, 1.165) is 19.3 Å². The molecule has 108 valence electrons. The van der Waals surface area contributed by atoms with Gasteiger partial charge >= 0.3 is 12.0 Å². The molecule has 0 aromatic rings. The number of amides is 3. The highest BCUT2D eigenvalue weighted by Gasteiger charge is 2.37. The number of hydrogen-bond acceptors (Lipinski definition) is 3. The van der Waals surface area contributed by atoms with Crippen LogP contribution in [0.25, 0.3) is 0 Å². The number of imide groups is 1. The molecule has 3 amide bonds. The van der Waals surface area contributed by atoms with E-state index in [0.29, 0.717) is 5.92 Å². The standard InChI is InChI=1S/C13H22N2O4/c1-3-4-9-7-10(9)14-13(19)15-11(16)5-8(2)6-12(17)18/h8-10H,3-7H2,1-2H3,(H,17,18)(H2,14,15,16,19). The topological polar surface area (TPSA) is 95.5 Å². The summed E-state index contributed by atoms with van der Waals surface area (Å²) in [5.41, 5.74) is 0. The minimum absolute atomic E-state index is 0.0444. The number of carbonyl (C=O) groups excluding carboxylic acids is 2. The highest BCUT2D eigenvalue weighted by atomic mass is 16.4. The van der Waals surface area contributed by atoms with E-state index in [1.165, 1.54) is 0 Å². The van der Waals surface area contributed by atoms with Crippen molar-refractivity contribution in [3.8, 4) is 0 Å². The van der Waals surface area contributed by atoms with Gasteiger partial charge in [0, 0.05) is 18.9 Å². The number of aliphatic carboxylic acids is 1. The molecule has 0 saturated heterocycles. The second-order valence-electron chi connectivity index (χ2n) is 5.32. The number of rotatable bonds is 7. The molecule has 0 bridgehead atoms. The van der Waals surface area contributed by atoms with E-state index in [4.69, 9.17) is 5.11 Å². The third-order valence-electron chi connectivity index (χ3n) is 3.21. The molecule has 0 spiro atoms. The molecule has 3 unspecified atom stereocenters. The summed E-state index contributed by atoms with van der Waals surface area (Å²) in [6.07, 6.45) is 3.13. The van der Waals surface area contributed by atoms with Gasteiger partial charge in [-0.15, -0.1) is 0 Å². The first-order valence-corrected chi connectivity index (χ1v) is 6.74. The van der Waals surface area contributed by atoms with Crippen LogP contribution in [0, 0.1) is 11.8 Å². The quantitative estimate of drug-likeness (QED) is 0.653. The average Bonchev–Trinajstić information content (AvgIpc) is 2.94. The third-order valence-corrected chi connectivity index (χ3v) is 3.21. The molecule has 1 fully saturated rings. The summed E-state index contributed by atoms with van der Waals surface area (Å²) in [4.78, 5) is 33.4. The molecule has 3 N–H and O–H groups in total. The van der Waals surface area contributed by atoms with Crippen molar-refractivity contribution in [3.63, 3.8) is 0 Å². The molecule has 0 heterocycles. The van der Waals surface area contributed by atoms with Crippen LogP contribution in [0.1, 0.15) is 46.0 Å². The first-order chi connectivity index (χ1) is 8.92. The van der Waals surface area contributed by atoms with E-state index in [2.05, 4.69) is 17.6 Å². The molecule has 1 rings (SSSR count). The number of carbonyl (C=O) groups is 3. The van der Waals surface area contributed by atoms with Crippen LogP contribution >= 0.6 is 0 Å². The van der Waals surface area contributed by atoms with Crippen LogP contribution in [-0.2, 0) is 9.59 Å². The fourth-order valence-corrected chi connectivity index (χ4v) is 2.18. The number of nitrogens with one attached hydrogen (secondary N) is 2. The minimum atomic E-state index is -0.940. The number of urea groups is 1. The number of hydrogen-bond donors (Lipinski definition) is 3. The molecule has 0 radical (unpaired) electrons. The van der Waals surface area contributed by atoms with Gasteiger partial charge in [0.2, 0.25) is 5.91 Å². The van der Waals surface area contributed by atoms with Crippen molar-refractivity contribution in [1.29, 1.82) is 0 Å². The van der Waals surface area contributed by atoms with Crippen molar-refractivity contribution in [2.24, 2.45) is 11.8 Å². The zero-order chi connectivity index (χ0) is 14.4. The van der Waals surface area contributed by atoms with Crippen LogP contribution in [0.15, 0.2) is 0 Å². The van der Waals surface area contributed by atoms with Crippen molar-refractivity contribution in [2.45, 2.75) is 52.0 Å². The van der Waals surface area contributed by atoms with Crippen LogP contribution in [0.2, 0.25) is 0 Å². The first kappa shape index (κ1) is 15.5. The molecule has 0 aromatic heterocycles. The van der Waals surface area contributed by atoms with Crippen LogP contribution in [0.3, 0.4) is 0 Å². The summed E-state index contributed by atoms with van der Waals surface area (Å²) in [7, 11) is 0. The van der Waals surface area contributed by atoms with E-state index in [1.807, 2.05) is 0 Å². The van der Waals surface area contributed by atoms with Gasteiger partial charge in [0.05, 0.1) is 0 Å². The number of carboxylic acid groups (broad SMARTS) is 1. The Labute approximate surface area is 112 Å². The second-order valence-corrected chi connectivity index (χ2v) is 5.32. The van der Waals surface area contributed by atoms with Crippen molar-refractivity contribution < 1.29 is 19.5 Å². The summed E-state index contributed by atoms with van der Waals surface area (Å²) in [5.74, 6) is -1.11. The van der Waals surface area contributed by atoms with Gasteiger partial charge in [0.1, 0.15) is 0 Å².